The smallest absolute Gasteiger partial charge is 0.340 e. The zero-order valence-corrected chi connectivity index (χ0v) is 23.2. The highest BCUT2D eigenvalue weighted by molar-refractivity contribution is 7.70. The molecule has 3 aliphatic rings. The van der Waals surface area contributed by atoms with E-state index in [1.165, 1.54) is 17.0 Å². The first-order valence-electron chi connectivity index (χ1n) is 12.2. The van der Waals surface area contributed by atoms with Crippen molar-refractivity contribution in [1.82, 2.24) is 19.5 Å². The molecule has 2 aliphatic heterocycles. The molecule has 2 aromatic heterocycles. The lowest BCUT2D eigenvalue weighted by molar-refractivity contribution is -0.0483. The summed E-state index contributed by atoms with van der Waals surface area (Å²) in [4.78, 5) is 42.6. The molecule has 2 saturated heterocycles. The number of aliphatic hydroxyl groups is 2. The summed E-state index contributed by atoms with van der Waals surface area (Å²) in [5, 5.41) is 21.1. The number of hydrogen-bond donors (Lipinski definition) is 5. The molecular formula is C22H25ClFN5O9P2. The summed E-state index contributed by atoms with van der Waals surface area (Å²) in [6.07, 6.45) is -2.91. The molecule has 3 aromatic rings. The quantitative estimate of drug-likeness (QED) is 0.187. The van der Waals surface area contributed by atoms with E-state index in [2.05, 4.69) is 15.0 Å². The number of aromatic nitrogens is 4. The lowest BCUT2D eigenvalue weighted by Gasteiger charge is -2.49. The van der Waals surface area contributed by atoms with Gasteiger partial charge in [-0.1, -0.05) is 12.1 Å². The molecular weight excluding hydrogens is 595 g/mol. The minimum absolute atomic E-state index is 0.102. The molecule has 2 fully saturated rings. The van der Waals surface area contributed by atoms with Gasteiger partial charge in [-0.2, -0.15) is 9.97 Å². The zero-order valence-electron chi connectivity index (χ0n) is 20.6. The van der Waals surface area contributed by atoms with Gasteiger partial charge in [0, 0.05) is 18.5 Å². The van der Waals surface area contributed by atoms with Gasteiger partial charge < -0.3 is 39.1 Å². The highest BCUT2D eigenvalue weighted by Crippen LogP contribution is 2.55. The predicted molar refractivity (Wildman–Crippen MR) is 138 cm³/mol. The Bertz CT molecular complexity index is 1580. The van der Waals surface area contributed by atoms with Crippen LogP contribution in [0.4, 0.5) is 10.2 Å². The number of benzene rings is 1. The number of aliphatic hydroxyl groups excluding tert-OH is 2. The van der Waals surface area contributed by atoms with Crippen LogP contribution in [0.5, 0.6) is 0 Å². The molecule has 0 saturated carbocycles. The average Bonchev–Trinajstić information content (AvgIpc) is 3.50. The molecule has 40 heavy (non-hydrogen) atoms. The predicted octanol–water partition coefficient (Wildman–Crippen LogP) is 1.28. The van der Waals surface area contributed by atoms with Crippen LogP contribution in [0.25, 0.3) is 11.2 Å². The van der Waals surface area contributed by atoms with Crippen molar-refractivity contribution in [2.45, 2.75) is 42.8 Å². The van der Waals surface area contributed by atoms with Gasteiger partial charge in [0.2, 0.25) is 5.28 Å². The topological polar surface area (TPSA) is 201 Å². The molecule has 0 bridgehead atoms. The van der Waals surface area contributed by atoms with Crippen molar-refractivity contribution in [3.63, 3.8) is 0 Å². The van der Waals surface area contributed by atoms with Gasteiger partial charge in [-0.3, -0.25) is 13.7 Å². The molecule has 1 aromatic carbocycles. The Balaban J connectivity index is 1.22. The van der Waals surface area contributed by atoms with Crippen molar-refractivity contribution in [2.24, 2.45) is 0 Å². The van der Waals surface area contributed by atoms with E-state index in [9.17, 15) is 28.6 Å². The third-order valence-electron chi connectivity index (χ3n) is 7.62. The van der Waals surface area contributed by atoms with Gasteiger partial charge in [-0.15, -0.1) is 0 Å². The fraction of sp³-hybridized carbons (Fsp3) is 0.500. The normalized spacial score (nSPS) is 27.2. The van der Waals surface area contributed by atoms with Crippen molar-refractivity contribution >= 4 is 43.8 Å². The first-order chi connectivity index (χ1) is 18.8. The van der Waals surface area contributed by atoms with Gasteiger partial charge >= 0.3 is 15.2 Å². The molecule has 1 aliphatic carbocycles. The van der Waals surface area contributed by atoms with Crippen LogP contribution in [0.2, 0.25) is 5.28 Å². The van der Waals surface area contributed by atoms with Gasteiger partial charge in [-0.25, -0.2) is 9.37 Å². The molecule has 5 atom stereocenters. The van der Waals surface area contributed by atoms with E-state index in [1.54, 1.807) is 6.07 Å². The number of imidazole rings is 1. The van der Waals surface area contributed by atoms with Crippen LogP contribution in [0, 0.1) is 5.82 Å². The summed E-state index contributed by atoms with van der Waals surface area (Å²) in [6.45, 7) is 0.401. The second-order valence-electron chi connectivity index (χ2n) is 10.3. The van der Waals surface area contributed by atoms with Gasteiger partial charge in [0.25, 0.3) is 0 Å². The second-order valence-corrected chi connectivity index (χ2v) is 14.7. The maximum atomic E-state index is 14.3. The summed E-state index contributed by atoms with van der Waals surface area (Å²) in [6, 6.07) is 5.13. The zero-order chi connectivity index (χ0) is 28.6. The molecule has 3 unspecified atom stereocenters. The number of fused-ring (bicyclic) bond motifs is 3. The van der Waals surface area contributed by atoms with E-state index in [0.717, 1.165) is 17.5 Å². The molecule has 1 spiro atoms. The molecule has 216 valence electrons. The SMILES string of the molecule is O=P(O)(O)CP(=O)(O)OC[C@H]1O[C@@H](n2cnc3c(N4CC5(CCc6c(F)cccc65)C4)nc(Cl)nc32)C(O)C1O. The fourth-order valence-electron chi connectivity index (χ4n) is 5.81. The minimum Gasteiger partial charge on any atom is -0.387 e. The Kier molecular flexibility index (Phi) is 6.87. The van der Waals surface area contributed by atoms with E-state index < -0.39 is 52.2 Å². The summed E-state index contributed by atoms with van der Waals surface area (Å²) < 4.78 is 49.1. The van der Waals surface area contributed by atoms with Crippen LogP contribution < -0.4 is 4.90 Å². The largest absolute Gasteiger partial charge is 0.387 e. The Morgan fingerprint density at radius 3 is 2.65 bits per heavy atom. The fourth-order valence-corrected chi connectivity index (χ4v) is 8.54. The maximum Gasteiger partial charge on any atom is 0.340 e. The van der Waals surface area contributed by atoms with Crippen LogP contribution in [-0.4, -0.2) is 88.3 Å². The number of halogens is 2. The number of ether oxygens (including phenoxy) is 1. The maximum absolute atomic E-state index is 14.3. The lowest BCUT2D eigenvalue weighted by Crippen LogP contribution is -2.58. The van der Waals surface area contributed by atoms with Gasteiger partial charge in [0.1, 0.15) is 24.1 Å². The highest BCUT2D eigenvalue weighted by atomic mass is 35.5. The summed E-state index contributed by atoms with van der Waals surface area (Å²) in [5.74, 6) is -1.17. The number of rotatable bonds is 7. The van der Waals surface area contributed by atoms with Crippen molar-refractivity contribution in [2.75, 3.05) is 30.5 Å². The number of hydrogen-bond acceptors (Lipinski definition) is 10. The van der Waals surface area contributed by atoms with Crippen LogP contribution in [0.1, 0.15) is 23.8 Å². The third-order valence-corrected chi connectivity index (χ3v) is 11.2. The Labute approximate surface area is 231 Å². The standard InChI is InChI=1S/C22H25ClFN5O9P2/c23-21-26-18(28-7-22(8-28)5-4-11-12(22)2-1-3-13(11)24)15-19(27-21)29(9-25-15)20-17(31)16(30)14(38-20)6-37-40(35,36)10-39(32,33)34/h1-3,9,14,16-17,20,30-31H,4-8,10H2,(H,35,36)(H2,32,33,34)/t14-,16?,17?,20-/m1/s1. The molecule has 6 rings (SSSR count). The van der Waals surface area contributed by atoms with Gasteiger partial charge in [-0.05, 0) is 41.6 Å². The van der Waals surface area contributed by atoms with E-state index in [4.69, 9.17) is 30.6 Å². The summed E-state index contributed by atoms with van der Waals surface area (Å²) >= 11 is 6.25. The van der Waals surface area contributed by atoms with Crippen molar-refractivity contribution in [3.8, 4) is 0 Å². The average molecular weight is 620 g/mol. The lowest BCUT2D eigenvalue weighted by atomic mass is 9.75. The first-order valence-corrected chi connectivity index (χ1v) is 16.2. The van der Waals surface area contributed by atoms with E-state index in [-0.39, 0.29) is 22.2 Å². The van der Waals surface area contributed by atoms with Crippen molar-refractivity contribution < 1.29 is 47.7 Å². The highest BCUT2D eigenvalue weighted by Gasteiger charge is 2.50. The van der Waals surface area contributed by atoms with E-state index in [0.29, 0.717) is 30.8 Å². The summed E-state index contributed by atoms with van der Waals surface area (Å²) in [7, 11) is -9.56. The van der Waals surface area contributed by atoms with E-state index >= 15 is 0 Å². The van der Waals surface area contributed by atoms with Crippen LogP contribution in [0.3, 0.4) is 0 Å². The first kappa shape index (κ1) is 28.1. The Hall–Kier alpha value is -2.03. The Morgan fingerprint density at radius 2 is 1.93 bits per heavy atom. The van der Waals surface area contributed by atoms with Crippen molar-refractivity contribution in [3.05, 3.63) is 46.8 Å². The summed E-state index contributed by atoms with van der Waals surface area (Å²) in [5.41, 5.74) is 2.06. The van der Waals surface area contributed by atoms with Crippen LogP contribution in [-0.2, 0) is 30.2 Å². The third kappa shape index (κ3) is 4.88. The molecule has 18 heteroatoms. The van der Waals surface area contributed by atoms with E-state index in [1.807, 2.05) is 11.0 Å². The number of nitrogens with zero attached hydrogens (tertiary/aromatic N) is 5. The van der Waals surface area contributed by atoms with Gasteiger partial charge in [0.05, 0.1) is 12.9 Å². The Morgan fingerprint density at radius 1 is 1.18 bits per heavy atom. The monoisotopic (exact) mass is 619 g/mol. The van der Waals surface area contributed by atoms with Crippen molar-refractivity contribution in [1.29, 1.82) is 0 Å². The second kappa shape index (κ2) is 9.77. The minimum atomic E-state index is -4.85. The van der Waals surface area contributed by atoms with Gasteiger partial charge in [0.15, 0.2) is 29.1 Å². The molecule has 4 heterocycles. The number of anilines is 1. The van der Waals surface area contributed by atoms with Crippen LogP contribution >= 0.6 is 26.8 Å². The molecule has 0 radical (unpaired) electrons. The van der Waals surface area contributed by atoms with Crippen LogP contribution in [0.15, 0.2) is 24.5 Å². The molecule has 14 nitrogen and oxygen atoms in total. The molecule has 0 amide bonds. The molecule has 5 N–H and O–H groups in total.